The Bertz CT molecular complexity index is 982. The van der Waals surface area contributed by atoms with Crippen LogP contribution in [0.2, 0.25) is 0 Å². The van der Waals surface area contributed by atoms with E-state index >= 15 is 0 Å². The van der Waals surface area contributed by atoms with E-state index in [9.17, 15) is 0 Å². The van der Waals surface area contributed by atoms with Gasteiger partial charge in [-0.15, -0.1) is 0 Å². The van der Waals surface area contributed by atoms with E-state index in [0.717, 1.165) is 38.5 Å². The lowest BCUT2D eigenvalue weighted by atomic mass is 9.52. The van der Waals surface area contributed by atoms with Crippen LogP contribution in [0.25, 0.3) is 0 Å². The summed E-state index contributed by atoms with van der Waals surface area (Å²) >= 11 is 0. The Hall–Kier alpha value is -0.200. The summed E-state index contributed by atoms with van der Waals surface area (Å²) in [6.45, 7) is 24.6. The van der Waals surface area contributed by atoms with E-state index in [1.807, 2.05) is 0 Å². The molecular weight excluding hydrogens is 488 g/mol. The Morgan fingerprint density at radius 2 is 0.872 bits per heavy atom. The monoisotopic (exact) mass is 542 g/mol. The molecule has 4 saturated carbocycles. The molecule has 4 aliphatic heterocycles. The summed E-state index contributed by atoms with van der Waals surface area (Å²) in [5, 5.41) is 0. The summed E-state index contributed by atoms with van der Waals surface area (Å²) in [4.78, 5) is 0. The van der Waals surface area contributed by atoms with Crippen LogP contribution < -0.4 is 0 Å². The van der Waals surface area contributed by atoms with E-state index in [4.69, 9.17) is 23.7 Å². The number of hydrogen-bond donors (Lipinski definition) is 0. The highest BCUT2D eigenvalue weighted by atomic mass is 16.7. The van der Waals surface area contributed by atoms with Crippen LogP contribution in [0.3, 0.4) is 0 Å². The molecule has 0 spiro atoms. The third-order valence-corrected chi connectivity index (χ3v) is 14.8. The van der Waals surface area contributed by atoms with Crippen molar-refractivity contribution >= 4 is 0 Å². The average molecular weight is 543 g/mol. The first-order chi connectivity index (χ1) is 18.1. The van der Waals surface area contributed by atoms with Crippen molar-refractivity contribution in [2.45, 2.75) is 168 Å². The van der Waals surface area contributed by atoms with E-state index in [1.54, 1.807) is 0 Å². The van der Waals surface area contributed by atoms with Gasteiger partial charge in [0.05, 0.1) is 47.8 Å². The highest BCUT2D eigenvalue weighted by molar-refractivity contribution is 5.21. The fourth-order valence-corrected chi connectivity index (χ4v) is 11.2. The molecule has 14 unspecified atom stereocenters. The van der Waals surface area contributed by atoms with E-state index in [2.05, 4.69) is 69.2 Å². The maximum Gasteiger partial charge on any atom is 0.113 e. The Kier molecular flexibility index (Phi) is 5.06. The minimum Gasteiger partial charge on any atom is -0.368 e. The molecule has 39 heavy (non-hydrogen) atoms. The lowest BCUT2D eigenvalue weighted by Gasteiger charge is -2.54. The third kappa shape index (κ3) is 3.38. The standard InChI is InChI=1S/C34H54O5/c1-17-19(31(7,8)27-25(37-27)29(17,3)4)15-33(13-11-21-23(33)35-21)39-34(14-12-22-24(34)36-22)16-20-18(2)30(5,6)26-28(38-26)32(20,9)10/h17-28H,11-16H2,1-10H3. The molecule has 8 aliphatic rings. The number of rotatable bonds is 6. The molecule has 4 saturated heterocycles. The van der Waals surface area contributed by atoms with Gasteiger partial charge >= 0.3 is 0 Å². The normalized spacial score (nSPS) is 59.5. The molecule has 0 N–H and O–H groups in total. The number of epoxide rings is 4. The summed E-state index contributed by atoms with van der Waals surface area (Å²) < 4.78 is 33.4. The molecule has 220 valence electrons. The molecule has 5 nitrogen and oxygen atoms in total. The van der Waals surface area contributed by atoms with Crippen molar-refractivity contribution < 1.29 is 23.7 Å². The first-order valence-electron chi connectivity index (χ1n) is 16.4. The fourth-order valence-electron chi connectivity index (χ4n) is 11.2. The van der Waals surface area contributed by atoms with Gasteiger partial charge in [0.1, 0.15) is 12.2 Å². The van der Waals surface area contributed by atoms with Crippen molar-refractivity contribution in [1.82, 2.24) is 0 Å². The van der Waals surface area contributed by atoms with Crippen molar-refractivity contribution in [3.63, 3.8) is 0 Å². The number of fused-ring (bicyclic) bond motifs is 4. The van der Waals surface area contributed by atoms with Gasteiger partial charge in [-0.25, -0.2) is 0 Å². The second-order valence-electron chi connectivity index (χ2n) is 17.9. The summed E-state index contributed by atoms with van der Waals surface area (Å²) in [5.74, 6) is 2.22. The van der Waals surface area contributed by atoms with Gasteiger partial charge in [0.15, 0.2) is 0 Å². The van der Waals surface area contributed by atoms with Crippen LogP contribution in [-0.4, -0.2) is 60.0 Å². The molecule has 5 heteroatoms. The summed E-state index contributed by atoms with van der Waals surface area (Å²) in [6, 6.07) is 0. The van der Waals surface area contributed by atoms with Gasteiger partial charge in [-0.3, -0.25) is 0 Å². The molecule has 8 rings (SSSR count). The zero-order valence-corrected chi connectivity index (χ0v) is 26.2. The van der Waals surface area contributed by atoms with Gasteiger partial charge in [0, 0.05) is 0 Å². The van der Waals surface area contributed by atoms with Gasteiger partial charge in [-0.1, -0.05) is 69.2 Å². The molecule has 14 atom stereocenters. The molecule has 0 aromatic heterocycles. The molecule has 0 amide bonds. The van der Waals surface area contributed by atoms with Crippen molar-refractivity contribution in [2.24, 2.45) is 45.3 Å². The molecular formula is C34H54O5. The Labute approximate surface area is 236 Å². The summed E-state index contributed by atoms with van der Waals surface area (Å²) in [6.07, 6.45) is 9.52. The van der Waals surface area contributed by atoms with E-state index in [1.165, 1.54) is 0 Å². The van der Waals surface area contributed by atoms with Crippen molar-refractivity contribution in [1.29, 1.82) is 0 Å². The van der Waals surface area contributed by atoms with Gasteiger partial charge in [0.2, 0.25) is 0 Å². The number of ether oxygens (including phenoxy) is 5. The fraction of sp³-hybridized carbons (Fsp3) is 1.00. The molecule has 0 bridgehead atoms. The predicted molar refractivity (Wildman–Crippen MR) is 149 cm³/mol. The second kappa shape index (κ2) is 7.47. The Morgan fingerprint density at radius 3 is 1.18 bits per heavy atom. The van der Waals surface area contributed by atoms with Gasteiger partial charge in [-0.2, -0.15) is 0 Å². The van der Waals surface area contributed by atoms with Crippen LogP contribution in [-0.2, 0) is 23.7 Å². The third-order valence-electron chi connectivity index (χ3n) is 14.8. The predicted octanol–water partition coefficient (Wildman–Crippen LogP) is 6.55. The molecule has 0 radical (unpaired) electrons. The van der Waals surface area contributed by atoms with Crippen LogP contribution in [0.4, 0.5) is 0 Å². The van der Waals surface area contributed by atoms with Crippen LogP contribution >= 0.6 is 0 Å². The topological polar surface area (TPSA) is 59.4 Å². The maximum atomic E-state index is 7.85. The molecule has 0 aromatic rings. The summed E-state index contributed by atoms with van der Waals surface area (Å²) in [7, 11) is 0. The Morgan fingerprint density at radius 1 is 0.513 bits per heavy atom. The van der Waals surface area contributed by atoms with Crippen LogP contribution in [0, 0.1) is 45.3 Å². The zero-order valence-electron chi connectivity index (χ0n) is 26.2. The molecule has 4 heterocycles. The van der Waals surface area contributed by atoms with Crippen LogP contribution in [0.1, 0.15) is 108 Å². The van der Waals surface area contributed by atoms with Gasteiger partial charge in [-0.05, 0) is 83.9 Å². The lowest BCUT2D eigenvalue weighted by molar-refractivity contribution is -0.211. The van der Waals surface area contributed by atoms with Crippen LogP contribution in [0.5, 0.6) is 0 Å². The minimum atomic E-state index is -0.213. The van der Waals surface area contributed by atoms with E-state index in [0.29, 0.717) is 60.3 Å². The maximum absolute atomic E-state index is 7.85. The smallest absolute Gasteiger partial charge is 0.113 e. The highest BCUT2D eigenvalue weighted by Gasteiger charge is 2.74. The second-order valence-corrected chi connectivity index (χ2v) is 17.9. The quantitative estimate of drug-likeness (QED) is 0.356. The SMILES string of the molecule is CC1C(CC2(OC3(CC4C(C)C(C)(C)C5OC5C4(C)C)CCC4OC43)CCC3OC32)C(C)(C)C2OC2C1(C)C. The van der Waals surface area contributed by atoms with Crippen LogP contribution in [0.15, 0.2) is 0 Å². The first kappa shape index (κ1) is 26.4. The molecule has 8 fully saturated rings. The van der Waals surface area contributed by atoms with Gasteiger partial charge < -0.3 is 23.7 Å². The zero-order chi connectivity index (χ0) is 27.7. The van der Waals surface area contributed by atoms with Crippen molar-refractivity contribution in [3.8, 4) is 0 Å². The lowest BCUT2D eigenvalue weighted by Crippen LogP contribution is -2.57. The first-order valence-corrected chi connectivity index (χ1v) is 16.4. The summed E-state index contributed by atoms with van der Waals surface area (Å²) in [5.41, 5.74) is 0.251. The number of hydrogen-bond acceptors (Lipinski definition) is 5. The highest BCUT2D eigenvalue weighted by Crippen LogP contribution is 2.68. The van der Waals surface area contributed by atoms with Crippen molar-refractivity contribution in [2.75, 3.05) is 0 Å². The van der Waals surface area contributed by atoms with E-state index < -0.39 is 0 Å². The minimum absolute atomic E-state index is 0.145. The van der Waals surface area contributed by atoms with Crippen molar-refractivity contribution in [3.05, 3.63) is 0 Å². The largest absolute Gasteiger partial charge is 0.368 e. The molecule has 4 aliphatic carbocycles. The Balaban J connectivity index is 1.13. The van der Waals surface area contributed by atoms with E-state index in [-0.39, 0.29) is 45.1 Å². The average Bonchev–Trinajstić information content (AvgIpc) is 3.71. The van der Waals surface area contributed by atoms with Gasteiger partial charge in [0.25, 0.3) is 0 Å². The molecule has 0 aromatic carbocycles.